The van der Waals surface area contributed by atoms with Gasteiger partial charge in [-0.3, -0.25) is 4.79 Å². The zero-order chi connectivity index (χ0) is 15.6. The summed E-state index contributed by atoms with van der Waals surface area (Å²) in [7, 11) is 1.61. The molecule has 2 aromatic rings. The fourth-order valence-corrected chi connectivity index (χ4v) is 3.54. The molecule has 0 aliphatic carbocycles. The summed E-state index contributed by atoms with van der Waals surface area (Å²) >= 11 is 1.43. The fourth-order valence-electron chi connectivity index (χ4n) is 2.66. The number of nitrogens with zero attached hydrogens (tertiary/aromatic N) is 1. The van der Waals surface area contributed by atoms with Gasteiger partial charge in [0, 0.05) is 19.8 Å². The monoisotopic (exact) mass is 321 g/mol. The molecule has 7 heteroatoms. The summed E-state index contributed by atoms with van der Waals surface area (Å²) in [6.07, 6.45) is 1.28. The van der Waals surface area contributed by atoms with Crippen LogP contribution in [0.15, 0.2) is 18.2 Å². The highest BCUT2D eigenvalue weighted by atomic mass is 32.1. The summed E-state index contributed by atoms with van der Waals surface area (Å²) in [6, 6.07) is 5.72. The number of nitrogens with one attached hydrogen (secondary N) is 1. The summed E-state index contributed by atoms with van der Waals surface area (Å²) in [4.78, 5) is 17.1. The lowest BCUT2D eigenvalue weighted by Gasteiger charge is -2.34. The lowest BCUT2D eigenvalue weighted by Crippen LogP contribution is -2.46. The predicted molar refractivity (Wildman–Crippen MR) is 86.3 cm³/mol. The predicted octanol–water partition coefficient (Wildman–Crippen LogP) is 2.00. The molecule has 3 N–H and O–H groups in total. The highest BCUT2D eigenvalue weighted by Gasteiger charge is 2.39. The van der Waals surface area contributed by atoms with Gasteiger partial charge in [0.25, 0.3) is 0 Å². The van der Waals surface area contributed by atoms with Crippen molar-refractivity contribution < 1.29 is 14.3 Å². The van der Waals surface area contributed by atoms with Crippen molar-refractivity contribution in [3.63, 3.8) is 0 Å². The summed E-state index contributed by atoms with van der Waals surface area (Å²) in [6.45, 7) is 1.45. The molecular weight excluding hydrogens is 302 g/mol. The minimum atomic E-state index is -0.555. The quantitative estimate of drug-likeness (QED) is 0.899. The molecule has 3 rings (SSSR count). The van der Waals surface area contributed by atoms with E-state index in [0.717, 1.165) is 10.2 Å². The van der Waals surface area contributed by atoms with Gasteiger partial charge in [0.1, 0.15) is 11.3 Å². The van der Waals surface area contributed by atoms with Gasteiger partial charge in [-0.1, -0.05) is 17.4 Å². The Bertz CT molecular complexity index is 680. The van der Waals surface area contributed by atoms with Crippen molar-refractivity contribution in [1.29, 1.82) is 0 Å². The first-order valence-corrected chi connectivity index (χ1v) is 8.03. The first kappa shape index (κ1) is 15.2. The van der Waals surface area contributed by atoms with Gasteiger partial charge in [-0.15, -0.1) is 0 Å². The molecule has 118 valence electrons. The molecule has 0 saturated carbocycles. The lowest BCUT2D eigenvalue weighted by atomic mass is 9.79. The maximum absolute atomic E-state index is 12.6. The fraction of sp³-hybridized carbons (Fsp3) is 0.467. The summed E-state index contributed by atoms with van der Waals surface area (Å²) in [5, 5.41) is 3.49. The Hall–Kier alpha value is -1.70. The summed E-state index contributed by atoms with van der Waals surface area (Å²) in [5.74, 6) is 0.630. The van der Waals surface area contributed by atoms with Crippen molar-refractivity contribution in [2.45, 2.75) is 12.8 Å². The Kier molecular flexibility index (Phi) is 4.28. The van der Waals surface area contributed by atoms with Gasteiger partial charge in [-0.05, 0) is 25.0 Å². The number of hydrogen-bond acceptors (Lipinski definition) is 6. The van der Waals surface area contributed by atoms with Crippen LogP contribution in [0.5, 0.6) is 5.75 Å². The number of ether oxygens (including phenoxy) is 2. The van der Waals surface area contributed by atoms with Crippen LogP contribution in [0.3, 0.4) is 0 Å². The van der Waals surface area contributed by atoms with E-state index in [1.165, 1.54) is 11.3 Å². The number of hydrogen-bond donors (Lipinski definition) is 2. The van der Waals surface area contributed by atoms with Crippen LogP contribution < -0.4 is 15.8 Å². The number of amides is 1. The number of rotatable bonds is 4. The van der Waals surface area contributed by atoms with Gasteiger partial charge in [0.05, 0.1) is 17.2 Å². The second kappa shape index (κ2) is 6.20. The minimum absolute atomic E-state index is 0.0728. The van der Waals surface area contributed by atoms with Gasteiger partial charge >= 0.3 is 0 Å². The number of nitrogens with two attached hydrogens (primary N) is 1. The van der Waals surface area contributed by atoms with Crippen LogP contribution in [0.25, 0.3) is 10.2 Å². The molecule has 22 heavy (non-hydrogen) atoms. The second-order valence-corrected chi connectivity index (χ2v) is 6.41. The van der Waals surface area contributed by atoms with E-state index in [1.54, 1.807) is 7.11 Å². The first-order valence-electron chi connectivity index (χ1n) is 7.21. The van der Waals surface area contributed by atoms with E-state index in [1.807, 2.05) is 18.2 Å². The number of anilines is 1. The van der Waals surface area contributed by atoms with Crippen molar-refractivity contribution in [3.05, 3.63) is 18.2 Å². The van der Waals surface area contributed by atoms with Crippen LogP contribution in [0.4, 0.5) is 5.13 Å². The summed E-state index contributed by atoms with van der Waals surface area (Å²) < 4.78 is 11.6. The number of methoxy groups -OCH3 is 1. The van der Waals surface area contributed by atoms with Crippen molar-refractivity contribution in [2.24, 2.45) is 11.1 Å². The molecule has 0 bridgehead atoms. The van der Waals surface area contributed by atoms with Crippen LogP contribution in [-0.2, 0) is 9.53 Å². The van der Waals surface area contributed by atoms with E-state index in [0.29, 0.717) is 43.5 Å². The highest BCUT2D eigenvalue weighted by molar-refractivity contribution is 7.22. The molecule has 0 unspecified atom stereocenters. The van der Waals surface area contributed by atoms with Gasteiger partial charge in [-0.25, -0.2) is 4.98 Å². The van der Waals surface area contributed by atoms with Gasteiger partial charge < -0.3 is 20.5 Å². The molecule has 1 aromatic carbocycles. The molecule has 0 spiro atoms. The van der Waals surface area contributed by atoms with Crippen LogP contribution in [-0.4, -0.2) is 37.8 Å². The molecular formula is C15H19N3O3S. The molecule has 0 radical (unpaired) electrons. The van der Waals surface area contributed by atoms with E-state index in [2.05, 4.69) is 10.3 Å². The van der Waals surface area contributed by atoms with E-state index in [4.69, 9.17) is 15.2 Å². The van der Waals surface area contributed by atoms with E-state index in [9.17, 15) is 4.79 Å². The maximum atomic E-state index is 12.6. The average Bonchev–Trinajstić information content (AvgIpc) is 2.97. The first-order chi connectivity index (χ1) is 10.7. The number of thiazole rings is 1. The lowest BCUT2D eigenvalue weighted by molar-refractivity contribution is -0.130. The molecule has 1 aliphatic rings. The molecule has 1 aliphatic heterocycles. The normalized spacial score (nSPS) is 17.4. The SMILES string of the molecule is COc1cccc2sc(NC(=O)C3(CN)CCOCC3)nc12. The number of carbonyl (C=O) groups is 1. The molecule has 1 amide bonds. The molecule has 1 aromatic heterocycles. The van der Waals surface area contributed by atoms with Crippen LogP contribution in [0.2, 0.25) is 0 Å². The van der Waals surface area contributed by atoms with Gasteiger partial charge in [0.15, 0.2) is 5.13 Å². The number of aromatic nitrogens is 1. The van der Waals surface area contributed by atoms with Gasteiger partial charge in [-0.2, -0.15) is 0 Å². The van der Waals surface area contributed by atoms with E-state index in [-0.39, 0.29) is 5.91 Å². The average molecular weight is 321 g/mol. The molecule has 6 nitrogen and oxygen atoms in total. The van der Waals surface area contributed by atoms with E-state index >= 15 is 0 Å². The third-order valence-corrected chi connectivity index (χ3v) is 5.08. The minimum Gasteiger partial charge on any atom is -0.494 e. The highest BCUT2D eigenvalue weighted by Crippen LogP contribution is 2.35. The Morgan fingerprint density at radius 1 is 1.50 bits per heavy atom. The standard InChI is InChI=1S/C15H19N3O3S/c1-20-10-3-2-4-11-12(10)17-14(22-11)18-13(19)15(9-16)5-7-21-8-6-15/h2-4H,5-9,16H2,1H3,(H,17,18,19). The largest absolute Gasteiger partial charge is 0.494 e. The number of carbonyl (C=O) groups excluding carboxylic acids is 1. The van der Waals surface area contributed by atoms with Crippen LogP contribution in [0, 0.1) is 5.41 Å². The maximum Gasteiger partial charge on any atom is 0.233 e. The molecule has 1 fully saturated rings. The van der Waals surface area contributed by atoms with Crippen LogP contribution in [0.1, 0.15) is 12.8 Å². The Morgan fingerprint density at radius 2 is 2.27 bits per heavy atom. The zero-order valence-electron chi connectivity index (χ0n) is 12.4. The second-order valence-electron chi connectivity index (χ2n) is 5.38. The molecule has 0 atom stereocenters. The Balaban J connectivity index is 1.84. The van der Waals surface area contributed by atoms with Crippen molar-refractivity contribution in [3.8, 4) is 5.75 Å². The smallest absolute Gasteiger partial charge is 0.233 e. The van der Waals surface area contributed by atoms with Crippen LogP contribution >= 0.6 is 11.3 Å². The van der Waals surface area contributed by atoms with Crippen molar-refractivity contribution >= 4 is 32.6 Å². The Labute approximate surface area is 132 Å². The molecule has 2 heterocycles. The molecule has 1 saturated heterocycles. The van der Waals surface area contributed by atoms with Crippen molar-refractivity contribution in [2.75, 3.05) is 32.2 Å². The number of para-hydroxylation sites is 1. The van der Waals surface area contributed by atoms with Crippen molar-refractivity contribution in [1.82, 2.24) is 4.98 Å². The van der Waals surface area contributed by atoms with E-state index < -0.39 is 5.41 Å². The number of benzene rings is 1. The zero-order valence-corrected chi connectivity index (χ0v) is 13.2. The third kappa shape index (κ3) is 2.67. The topological polar surface area (TPSA) is 86.5 Å². The number of fused-ring (bicyclic) bond motifs is 1. The third-order valence-electron chi connectivity index (χ3n) is 4.14. The Morgan fingerprint density at radius 3 is 2.95 bits per heavy atom. The summed E-state index contributed by atoms with van der Waals surface area (Å²) in [5.41, 5.74) is 6.07. The van der Waals surface area contributed by atoms with Gasteiger partial charge in [0.2, 0.25) is 5.91 Å².